The minimum absolute atomic E-state index is 0.166. The summed E-state index contributed by atoms with van der Waals surface area (Å²) in [4.78, 5) is 22.7. The molecule has 1 saturated heterocycles. The van der Waals surface area contributed by atoms with Gasteiger partial charge in [0.25, 0.3) is 0 Å². The first kappa shape index (κ1) is 33.9. The Hall–Kier alpha value is -3.42. The van der Waals surface area contributed by atoms with Crippen LogP contribution in [-0.4, -0.2) is 52.3 Å². The van der Waals surface area contributed by atoms with E-state index in [4.69, 9.17) is 14.5 Å². The van der Waals surface area contributed by atoms with E-state index in [1.807, 2.05) is 41.5 Å². The molecule has 5 rings (SSSR count). The number of anilines is 1. The van der Waals surface area contributed by atoms with Crippen LogP contribution in [0.3, 0.4) is 0 Å². The van der Waals surface area contributed by atoms with E-state index in [2.05, 4.69) is 73.0 Å². The third kappa shape index (κ3) is 7.92. The van der Waals surface area contributed by atoms with Gasteiger partial charge in [0.15, 0.2) is 6.10 Å². The molecule has 1 atom stereocenters. The summed E-state index contributed by atoms with van der Waals surface area (Å²) in [6, 6.07) is 15.3. The molecule has 1 N–H and O–H groups in total. The summed E-state index contributed by atoms with van der Waals surface area (Å²) in [6.07, 6.45) is 2.09. The summed E-state index contributed by atoms with van der Waals surface area (Å²) in [5.41, 5.74) is 9.00. The molecule has 0 spiro atoms. The summed E-state index contributed by atoms with van der Waals surface area (Å²) in [7, 11) is 0. The van der Waals surface area contributed by atoms with E-state index in [0.29, 0.717) is 5.56 Å². The van der Waals surface area contributed by atoms with Crippen molar-refractivity contribution in [2.24, 2.45) is 5.41 Å². The molecule has 0 bridgehead atoms. The molecule has 2 aromatic carbocycles. The Labute approximate surface area is 275 Å². The van der Waals surface area contributed by atoms with Gasteiger partial charge in [-0.25, -0.2) is 4.79 Å². The van der Waals surface area contributed by atoms with E-state index >= 15 is 0 Å². The van der Waals surface area contributed by atoms with Gasteiger partial charge in [-0.1, -0.05) is 44.2 Å². The maximum absolute atomic E-state index is 12.8. The third-order valence-electron chi connectivity index (χ3n) is 9.26. The number of carboxylic acid groups (broad SMARTS) is 1. The number of aromatic nitrogens is 1. The molecule has 0 saturated carbocycles. The number of pyridine rings is 1. The Kier molecular flexibility index (Phi) is 9.86. The fraction of sp³-hybridized carbons (Fsp3) is 0.538. The molecule has 46 heavy (non-hydrogen) atoms. The first-order chi connectivity index (χ1) is 21.6. The molecule has 7 nitrogen and oxygen atoms in total. The number of aliphatic carboxylic acids is 1. The maximum Gasteiger partial charge on any atom is 0.337 e. The highest BCUT2D eigenvalue weighted by Gasteiger charge is 2.36. The molecule has 0 aliphatic carbocycles. The Bertz CT molecular complexity index is 1540. The van der Waals surface area contributed by atoms with Crippen LogP contribution in [-0.2, 0) is 29.0 Å². The molecule has 248 valence electrons. The van der Waals surface area contributed by atoms with Crippen LogP contribution >= 0.6 is 0 Å². The van der Waals surface area contributed by atoms with E-state index in [0.717, 1.165) is 85.9 Å². The van der Waals surface area contributed by atoms with Gasteiger partial charge >= 0.3 is 5.97 Å². The highest BCUT2D eigenvalue weighted by atomic mass is 16.5. The molecule has 1 unspecified atom stereocenters. The molecule has 2 aliphatic heterocycles. The Morgan fingerprint density at radius 3 is 2.26 bits per heavy atom. The van der Waals surface area contributed by atoms with Crippen molar-refractivity contribution in [2.45, 2.75) is 112 Å². The number of hydrogen-bond donors (Lipinski definition) is 1. The van der Waals surface area contributed by atoms with Gasteiger partial charge in [0.05, 0.1) is 17.4 Å². The van der Waals surface area contributed by atoms with Crippen LogP contribution in [0.25, 0.3) is 11.1 Å². The minimum atomic E-state index is -1.12. The minimum Gasteiger partial charge on any atom is -0.491 e. The first-order valence-corrected chi connectivity index (χ1v) is 16.9. The lowest BCUT2D eigenvalue weighted by Gasteiger charge is -2.41. The van der Waals surface area contributed by atoms with Crippen LogP contribution in [0.4, 0.5) is 5.69 Å². The highest BCUT2D eigenvalue weighted by Crippen LogP contribution is 2.45. The van der Waals surface area contributed by atoms with Crippen LogP contribution in [0, 0.1) is 19.3 Å². The van der Waals surface area contributed by atoms with E-state index in [1.54, 1.807) is 0 Å². The number of rotatable bonds is 9. The number of piperidine rings is 1. The predicted octanol–water partition coefficient (Wildman–Crippen LogP) is 8.28. The molecule has 0 amide bonds. The van der Waals surface area contributed by atoms with Gasteiger partial charge in [-0.15, -0.1) is 0 Å². The number of ether oxygens (including phenoxy) is 2. The second-order valence-corrected chi connectivity index (χ2v) is 15.3. The second-order valence-electron chi connectivity index (χ2n) is 15.3. The zero-order chi connectivity index (χ0) is 33.4. The number of carboxylic acids is 1. The van der Waals surface area contributed by atoms with E-state index in [1.165, 1.54) is 16.7 Å². The molecular weight excluding hydrogens is 574 g/mol. The molecule has 7 heteroatoms. The molecule has 3 aromatic rings. The first-order valence-electron chi connectivity index (χ1n) is 16.9. The Balaban J connectivity index is 1.50. The fourth-order valence-electron chi connectivity index (χ4n) is 6.86. The zero-order valence-corrected chi connectivity index (χ0v) is 29.4. The van der Waals surface area contributed by atoms with Crippen molar-refractivity contribution in [3.8, 4) is 16.9 Å². The van der Waals surface area contributed by atoms with Gasteiger partial charge in [0.1, 0.15) is 5.75 Å². The topological polar surface area (TPSA) is 75.1 Å². The lowest BCUT2D eigenvalue weighted by Crippen LogP contribution is -2.39. The van der Waals surface area contributed by atoms with Crippen molar-refractivity contribution in [1.82, 2.24) is 9.88 Å². The maximum atomic E-state index is 12.8. The quantitative estimate of drug-likeness (QED) is 0.256. The molecule has 2 aliphatic rings. The summed E-state index contributed by atoms with van der Waals surface area (Å²) in [5, 5.41) is 10.5. The lowest BCUT2D eigenvalue weighted by atomic mass is 9.81. The van der Waals surface area contributed by atoms with Crippen molar-refractivity contribution in [3.05, 3.63) is 76.1 Å². The summed E-state index contributed by atoms with van der Waals surface area (Å²) in [6.45, 7) is 22.9. The number of carbonyl (C=O) groups is 1. The average molecular weight is 628 g/mol. The van der Waals surface area contributed by atoms with Gasteiger partial charge in [-0.2, -0.15) is 0 Å². The summed E-state index contributed by atoms with van der Waals surface area (Å²) < 4.78 is 12.1. The van der Waals surface area contributed by atoms with Crippen LogP contribution < -0.4 is 9.64 Å². The Morgan fingerprint density at radius 2 is 1.65 bits per heavy atom. The zero-order valence-electron chi connectivity index (χ0n) is 29.4. The number of fused-ring (bicyclic) bond motifs is 1. The highest BCUT2D eigenvalue weighted by molar-refractivity contribution is 5.88. The van der Waals surface area contributed by atoms with Gasteiger partial charge in [-0.05, 0) is 108 Å². The van der Waals surface area contributed by atoms with E-state index < -0.39 is 17.7 Å². The molecule has 1 fully saturated rings. The van der Waals surface area contributed by atoms with E-state index in [-0.39, 0.29) is 11.5 Å². The largest absolute Gasteiger partial charge is 0.491 e. The van der Waals surface area contributed by atoms with Crippen molar-refractivity contribution in [3.63, 3.8) is 0 Å². The van der Waals surface area contributed by atoms with E-state index in [9.17, 15) is 9.90 Å². The fourth-order valence-corrected chi connectivity index (χ4v) is 6.86. The average Bonchev–Trinajstić information content (AvgIpc) is 2.96. The van der Waals surface area contributed by atoms with Crippen molar-refractivity contribution < 1.29 is 19.4 Å². The van der Waals surface area contributed by atoms with Gasteiger partial charge in [0, 0.05) is 55.2 Å². The monoisotopic (exact) mass is 627 g/mol. The lowest BCUT2D eigenvalue weighted by molar-refractivity contribution is -0.160. The predicted molar refractivity (Wildman–Crippen MR) is 186 cm³/mol. The van der Waals surface area contributed by atoms with Gasteiger partial charge < -0.3 is 19.5 Å². The van der Waals surface area contributed by atoms with Crippen LogP contribution in [0.15, 0.2) is 42.5 Å². The van der Waals surface area contributed by atoms with Crippen LogP contribution in [0.1, 0.15) is 101 Å². The van der Waals surface area contributed by atoms with Gasteiger partial charge in [-0.3, -0.25) is 9.88 Å². The number of nitrogens with zero attached hydrogens (tertiary/aromatic N) is 3. The standard InChI is InChI=1S/C39H53N3O4/c1-25(2)45-32-14-10-28(11-15-32)23-41-19-16-29-22-30(12-13-31(29)24-41)33-26(3)40-27(4)34(36(37(43)44)46-38(5,6)7)35(33)42-20-17-39(8,9)18-21-42/h10-15,22,25,36H,16-21,23-24H2,1-9H3,(H,43,44). The third-order valence-corrected chi connectivity index (χ3v) is 9.26. The number of benzene rings is 2. The van der Waals surface area contributed by atoms with Crippen molar-refractivity contribution in [2.75, 3.05) is 24.5 Å². The van der Waals surface area contributed by atoms with Crippen LogP contribution in [0.5, 0.6) is 5.75 Å². The molecular formula is C39H53N3O4. The second kappa shape index (κ2) is 13.4. The van der Waals surface area contributed by atoms with Crippen LogP contribution in [0.2, 0.25) is 0 Å². The summed E-state index contributed by atoms with van der Waals surface area (Å²) in [5.74, 6) is -0.0765. The normalized spacial score (nSPS) is 17.6. The smallest absolute Gasteiger partial charge is 0.337 e. The van der Waals surface area contributed by atoms with Gasteiger partial charge in [0.2, 0.25) is 0 Å². The molecule has 3 heterocycles. The molecule has 0 radical (unpaired) electrons. The molecule has 1 aromatic heterocycles. The SMILES string of the molecule is Cc1nc(C)c(C(OC(C)(C)C)C(=O)O)c(N2CCC(C)(C)CC2)c1-c1ccc2c(c1)CCN(Cc1ccc(OC(C)C)cc1)C2. The van der Waals surface area contributed by atoms with Crippen molar-refractivity contribution >= 4 is 11.7 Å². The summed E-state index contributed by atoms with van der Waals surface area (Å²) >= 11 is 0. The van der Waals surface area contributed by atoms with Crippen molar-refractivity contribution in [1.29, 1.82) is 0 Å². The Morgan fingerprint density at radius 1 is 0.978 bits per heavy atom. The number of aryl methyl sites for hydroxylation is 2. The number of hydrogen-bond acceptors (Lipinski definition) is 6.